The zero-order chi connectivity index (χ0) is 35.9. The lowest BCUT2D eigenvalue weighted by atomic mass is 10.1. The number of carbonyl (C=O) groups is 2. The van der Waals surface area contributed by atoms with E-state index in [9.17, 15) is 18.4 Å². The third-order valence-corrected chi connectivity index (χ3v) is 8.50. The van der Waals surface area contributed by atoms with Gasteiger partial charge in [0.1, 0.15) is 11.6 Å². The van der Waals surface area contributed by atoms with Crippen LogP contribution in [0.2, 0.25) is 5.28 Å². The molecule has 2 aliphatic carbocycles. The summed E-state index contributed by atoms with van der Waals surface area (Å²) in [6, 6.07) is 17.6. The maximum absolute atomic E-state index is 13.7. The van der Waals surface area contributed by atoms with E-state index in [1.165, 1.54) is 6.07 Å². The average Bonchev–Trinajstić information content (AvgIpc) is 3.81. The van der Waals surface area contributed by atoms with Crippen molar-refractivity contribution in [2.45, 2.75) is 52.4 Å². The molecule has 0 saturated carbocycles. The van der Waals surface area contributed by atoms with Gasteiger partial charge < -0.3 is 20.1 Å². The fraction of sp³-hybridized carbons (Fsp3) is 0.263. The Morgan fingerprint density at radius 3 is 1.69 bits per heavy atom. The van der Waals surface area contributed by atoms with Crippen molar-refractivity contribution in [3.63, 3.8) is 0 Å². The molecule has 2 heterocycles. The summed E-state index contributed by atoms with van der Waals surface area (Å²) in [5.41, 5.74) is 7.07. The van der Waals surface area contributed by atoms with E-state index >= 15 is 0 Å². The van der Waals surface area contributed by atoms with Crippen LogP contribution in [0.25, 0.3) is 11.4 Å². The summed E-state index contributed by atoms with van der Waals surface area (Å²) in [5.74, 6) is -0.809. The van der Waals surface area contributed by atoms with Crippen LogP contribution in [0.5, 0.6) is 0 Å². The van der Waals surface area contributed by atoms with Gasteiger partial charge >= 0.3 is 11.9 Å². The van der Waals surface area contributed by atoms with E-state index in [1.807, 2.05) is 12.1 Å². The number of aromatic nitrogens is 4. The minimum Gasteiger partial charge on any atom is -0.462 e. The largest absolute Gasteiger partial charge is 0.462 e. The monoisotopic (exact) mass is 712 g/mol. The number of esters is 2. The number of anilines is 4. The van der Waals surface area contributed by atoms with Crippen molar-refractivity contribution >= 4 is 46.6 Å². The Morgan fingerprint density at radius 2 is 1.18 bits per heavy atom. The van der Waals surface area contributed by atoms with Gasteiger partial charge in [-0.15, -0.1) is 0 Å². The number of carbonyl (C=O) groups excluding carboxylic acids is 2. The number of rotatable bonds is 9. The van der Waals surface area contributed by atoms with Crippen LogP contribution in [0.15, 0.2) is 66.7 Å². The number of ether oxygens (including phenoxy) is 2. The Labute approximate surface area is 298 Å². The Kier molecular flexibility index (Phi) is 11.1. The Morgan fingerprint density at radius 1 is 0.667 bits per heavy atom. The van der Waals surface area contributed by atoms with Gasteiger partial charge in [-0.3, -0.25) is 0 Å². The number of hydrogen-bond donors (Lipinski definition) is 2. The highest BCUT2D eigenvalue weighted by Gasteiger charge is 2.22. The van der Waals surface area contributed by atoms with Gasteiger partial charge in [0.2, 0.25) is 5.28 Å². The van der Waals surface area contributed by atoms with Gasteiger partial charge in [-0.25, -0.2) is 38.3 Å². The first kappa shape index (κ1) is 35.3. The topological polar surface area (TPSA) is 128 Å². The van der Waals surface area contributed by atoms with Crippen molar-refractivity contribution in [2.24, 2.45) is 0 Å². The van der Waals surface area contributed by atoms with Crippen molar-refractivity contribution in [2.75, 3.05) is 23.8 Å². The molecular formula is C38H35ClF2N6O4. The molecular weight excluding hydrogens is 678 g/mol. The Balaban J connectivity index is 0.000000183. The number of benzene rings is 3. The number of nitrogens with zero attached hydrogens (tertiary/aromatic N) is 4. The van der Waals surface area contributed by atoms with E-state index in [-0.39, 0.29) is 17.2 Å². The molecule has 0 atom stereocenters. The maximum atomic E-state index is 13.7. The second-order valence-corrected chi connectivity index (χ2v) is 12.1. The number of nitrogens with one attached hydrogen (secondary N) is 2. The Hall–Kier alpha value is -5.49. The number of hydrogen-bond acceptors (Lipinski definition) is 10. The van der Waals surface area contributed by atoms with Gasteiger partial charge in [0.05, 0.1) is 30.0 Å². The van der Waals surface area contributed by atoms with Gasteiger partial charge in [0.25, 0.3) is 0 Å². The Bertz CT molecular complexity index is 2060. The summed E-state index contributed by atoms with van der Waals surface area (Å²) in [4.78, 5) is 41.1. The molecule has 2 aromatic heterocycles. The predicted octanol–water partition coefficient (Wildman–Crippen LogP) is 8.37. The predicted molar refractivity (Wildman–Crippen MR) is 190 cm³/mol. The average molecular weight is 713 g/mol. The number of halogens is 3. The van der Waals surface area contributed by atoms with Crippen LogP contribution >= 0.6 is 11.6 Å². The minimum absolute atomic E-state index is 0.256. The van der Waals surface area contributed by atoms with Crippen LogP contribution in [-0.4, -0.2) is 45.1 Å². The van der Waals surface area contributed by atoms with Crippen LogP contribution in [0, 0.1) is 11.6 Å². The lowest BCUT2D eigenvalue weighted by Gasteiger charge is -2.13. The molecule has 0 radical (unpaired) electrons. The molecule has 262 valence electrons. The molecule has 0 unspecified atom stereocenters. The minimum atomic E-state index is -0.935. The number of aryl methyl sites for hydroxylation is 2. The summed E-state index contributed by atoms with van der Waals surface area (Å²) >= 11 is 5.97. The van der Waals surface area contributed by atoms with Crippen LogP contribution in [0.3, 0.4) is 0 Å². The van der Waals surface area contributed by atoms with Crippen molar-refractivity contribution in [1.82, 2.24) is 19.9 Å². The van der Waals surface area contributed by atoms with Crippen LogP contribution < -0.4 is 10.6 Å². The molecule has 7 rings (SSSR count). The lowest BCUT2D eigenvalue weighted by molar-refractivity contribution is 0.0517. The van der Waals surface area contributed by atoms with Crippen molar-refractivity contribution < 1.29 is 27.8 Å². The molecule has 0 aliphatic heterocycles. The zero-order valence-corrected chi connectivity index (χ0v) is 28.8. The molecule has 2 aliphatic rings. The molecule has 0 spiro atoms. The molecule has 5 aromatic rings. The second kappa shape index (κ2) is 16.0. The maximum Gasteiger partial charge on any atom is 0.338 e. The van der Waals surface area contributed by atoms with E-state index in [2.05, 4.69) is 30.6 Å². The normalized spacial score (nSPS) is 12.6. The molecule has 0 saturated heterocycles. The van der Waals surface area contributed by atoms with Crippen molar-refractivity contribution in [3.8, 4) is 11.4 Å². The van der Waals surface area contributed by atoms with Gasteiger partial charge in [-0.1, -0.05) is 0 Å². The quantitative estimate of drug-likeness (QED) is 0.114. The van der Waals surface area contributed by atoms with E-state index in [1.54, 1.807) is 50.2 Å². The molecule has 10 nitrogen and oxygen atoms in total. The van der Waals surface area contributed by atoms with Gasteiger partial charge in [0.15, 0.2) is 17.5 Å². The lowest BCUT2D eigenvalue weighted by Crippen LogP contribution is -2.06. The molecule has 13 heteroatoms. The fourth-order valence-corrected chi connectivity index (χ4v) is 6.07. The van der Waals surface area contributed by atoms with Crippen LogP contribution in [-0.2, 0) is 35.2 Å². The summed E-state index contributed by atoms with van der Waals surface area (Å²) in [6.07, 6.45) is 5.58. The first-order chi connectivity index (χ1) is 24.7. The molecule has 2 N–H and O–H groups in total. The molecule has 3 aromatic carbocycles. The van der Waals surface area contributed by atoms with E-state index < -0.39 is 11.6 Å². The van der Waals surface area contributed by atoms with E-state index in [4.69, 9.17) is 21.1 Å². The molecule has 0 fully saturated rings. The summed E-state index contributed by atoms with van der Waals surface area (Å²) < 4.78 is 36.9. The van der Waals surface area contributed by atoms with Crippen molar-refractivity contribution in [3.05, 3.63) is 117 Å². The van der Waals surface area contributed by atoms with Crippen LogP contribution in [0.4, 0.5) is 31.8 Å². The zero-order valence-electron chi connectivity index (χ0n) is 28.1. The van der Waals surface area contributed by atoms with E-state index in [0.29, 0.717) is 41.5 Å². The second-order valence-electron chi connectivity index (χ2n) is 11.8. The summed E-state index contributed by atoms with van der Waals surface area (Å²) in [6.45, 7) is 4.23. The smallest absolute Gasteiger partial charge is 0.338 e. The molecule has 51 heavy (non-hydrogen) atoms. The van der Waals surface area contributed by atoms with Gasteiger partial charge in [-0.05, 0) is 131 Å². The summed E-state index contributed by atoms with van der Waals surface area (Å²) in [7, 11) is 0. The molecule has 0 amide bonds. The standard InChI is InChI=1S/C22H19F2N3O2.C16H16ClN3O2/c1-2-29-22(28)13-6-9-15(10-7-13)25-21-16-4-3-5-19(16)26-20(27-21)14-8-11-17(23)18(24)12-14;1-2-22-15(21)10-6-8-11(9-7-10)18-14-12-4-3-5-13(12)19-16(17)20-14/h6-12H,2-5H2,1H3,(H,25,26,27);6-9H,2-5H2,1H3,(H,18,19,20). The summed E-state index contributed by atoms with van der Waals surface area (Å²) in [5, 5.41) is 6.78. The van der Waals surface area contributed by atoms with Crippen LogP contribution in [0.1, 0.15) is 69.9 Å². The third-order valence-electron chi connectivity index (χ3n) is 8.33. The fourth-order valence-electron chi connectivity index (χ4n) is 5.89. The van der Waals surface area contributed by atoms with Crippen molar-refractivity contribution in [1.29, 1.82) is 0 Å². The van der Waals surface area contributed by atoms with Gasteiger partial charge in [-0.2, -0.15) is 0 Å². The van der Waals surface area contributed by atoms with Gasteiger partial charge in [0, 0.05) is 33.8 Å². The first-order valence-corrected chi connectivity index (χ1v) is 17.1. The molecule has 0 bridgehead atoms. The highest BCUT2D eigenvalue weighted by molar-refractivity contribution is 6.28. The SMILES string of the molecule is CCOC(=O)c1ccc(Nc2nc(-c3ccc(F)c(F)c3)nc3c2CCC3)cc1.CCOC(=O)c1ccc(Nc2nc(Cl)nc3c2CCC3)cc1. The van der Waals surface area contributed by atoms with E-state index in [0.717, 1.165) is 90.4 Å². The number of fused-ring (bicyclic) bond motifs is 2. The first-order valence-electron chi connectivity index (χ1n) is 16.7. The third kappa shape index (κ3) is 8.46. The highest BCUT2D eigenvalue weighted by Crippen LogP contribution is 2.32. The highest BCUT2D eigenvalue weighted by atomic mass is 35.5.